The van der Waals surface area contributed by atoms with Crippen LogP contribution in [0.25, 0.3) is 0 Å². The predicted octanol–water partition coefficient (Wildman–Crippen LogP) is 7.61. The molecule has 29 heavy (non-hydrogen) atoms. The summed E-state index contributed by atoms with van der Waals surface area (Å²) in [6, 6.07) is 0. The Hall–Kier alpha value is -0.0400. The molecule has 0 saturated heterocycles. The zero-order valence-corrected chi connectivity index (χ0v) is 20.3. The number of hydrogen-bond donors (Lipinski definition) is 1. The lowest BCUT2D eigenvalue weighted by molar-refractivity contribution is -0.161. The highest BCUT2D eigenvalue weighted by molar-refractivity contribution is 5.30. The standard InChI is InChI=1S/C28H48O/c1-7-8-9-19(2)20-12-14-26(6)22-11-10-21-24(3,4)23(29)13-15-27(21)18-28(22,27)17-16-25(20,26)5/h19-23,29H,7-18H2,1-6H3. The summed E-state index contributed by atoms with van der Waals surface area (Å²) in [4.78, 5) is 0. The van der Waals surface area contributed by atoms with Gasteiger partial charge in [-0.2, -0.15) is 0 Å². The number of aliphatic hydroxyl groups excluding tert-OH is 1. The van der Waals surface area contributed by atoms with Gasteiger partial charge < -0.3 is 5.11 Å². The van der Waals surface area contributed by atoms with E-state index in [1.54, 1.807) is 0 Å². The average Bonchev–Trinajstić information content (AvgIpc) is 3.26. The van der Waals surface area contributed by atoms with Crippen LogP contribution < -0.4 is 0 Å². The van der Waals surface area contributed by atoms with Crippen molar-refractivity contribution in [2.24, 2.45) is 50.7 Å². The van der Waals surface area contributed by atoms with Gasteiger partial charge in [0.1, 0.15) is 0 Å². The van der Waals surface area contributed by atoms with Crippen LogP contribution in [0.3, 0.4) is 0 Å². The Kier molecular flexibility index (Phi) is 4.50. The van der Waals surface area contributed by atoms with Crippen molar-refractivity contribution in [3.63, 3.8) is 0 Å². The van der Waals surface area contributed by atoms with E-state index in [9.17, 15) is 5.11 Å². The van der Waals surface area contributed by atoms with E-state index in [4.69, 9.17) is 0 Å². The first-order valence-electron chi connectivity index (χ1n) is 13.3. The Labute approximate surface area is 180 Å². The first kappa shape index (κ1) is 20.8. The Morgan fingerprint density at radius 2 is 1.52 bits per heavy atom. The summed E-state index contributed by atoms with van der Waals surface area (Å²) in [6.45, 7) is 15.2. The maximum atomic E-state index is 10.8. The monoisotopic (exact) mass is 400 g/mol. The Morgan fingerprint density at radius 1 is 0.828 bits per heavy atom. The van der Waals surface area contributed by atoms with Crippen molar-refractivity contribution in [3.8, 4) is 0 Å². The second-order valence-corrected chi connectivity index (χ2v) is 13.6. The molecule has 1 heteroatoms. The molecule has 5 aliphatic rings. The second kappa shape index (κ2) is 6.26. The molecule has 5 aliphatic carbocycles. The lowest BCUT2D eigenvalue weighted by atomic mass is 9.41. The topological polar surface area (TPSA) is 20.2 Å². The van der Waals surface area contributed by atoms with Crippen LogP contribution >= 0.6 is 0 Å². The van der Waals surface area contributed by atoms with Crippen molar-refractivity contribution in [2.75, 3.05) is 0 Å². The predicted molar refractivity (Wildman–Crippen MR) is 122 cm³/mol. The molecule has 2 spiro atoms. The molecule has 1 nitrogen and oxygen atoms in total. The molecule has 0 heterocycles. The summed E-state index contributed by atoms with van der Waals surface area (Å²) in [5.74, 6) is 3.58. The molecule has 0 bridgehead atoms. The third-order valence-corrected chi connectivity index (χ3v) is 12.9. The van der Waals surface area contributed by atoms with Gasteiger partial charge in [0.2, 0.25) is 0 Å². The maximum absolute atomic E-state index is 10.8. The minimum Gasteiger partial charge on any atom is -0.393 e. The van der Waals surface area contributed by atoms with Crippen LogP contribution in [0.4, 0.5) is 0 Å². The number of unbranched alkanes of at least 4 members (excludes halogenated alkanes) is 1. The van der Waals surface area contributed by atoms with E-state index in [2.05, 4.69) is 41.5 Å². The zero-order chi connectivity index (χ0) is 20.9. The van der Waals surface area contributed by atoms with E-state index in [1.165, 1.54) is 70.6 Å². The van der Waals surface area contributed by atoms with Crippen LogP contribution in [0.15, 0.2) is 0 Å². The van der Waals surface area contributed by atoms with Gasteiger partial charge in [0.25, 0.3) is 0 Å². The normalized spacial score (nSPS) is 56.0. The summed E-state index contributed by atoms with van der Waals surface area (Å²) < 4.78 is 0. The van der Waals surface area contributed by atoms with Gasteiger partial charge in [0.15, 0.2) is 0 Å². The molecule has 0 aliphatic heterocycles. The van der Waals surface area contributed by atoms with Crippen LogP contribution in [0.5, 0.6) is 0 Å². The molecule has 5 rings (SSSR count). The minimum absolute atomic E-state index is 0.0768. The summed E-state index contributed by atoms with van der Waals surface area (Å²) in [5.41, 5.74) is 2.49. The molecule has 166 valence electrons. The van der Waals surface area contributed by atoms with E-state index < -0.39 is 0 Å². The molecule has 0 aromatic rings. The molecule has 0 aromatic heterocycles. The van der Waals surface area contributed by atoms with Crippen LogP contribution in [-0.4, -0.2) is 11.2 Å². The highest BCUT2D eigenvalue weighted by Crippen LogP contribution is 2.89. The number of fused-ring (bicyclic) bond motifs is 2. The van der Waals surface area contributed by atoms with Crippen molar-refractivity contribution in [2.45, 2.75) is 125 Å². The van der Waals surface area contributed by atoms with Crippen molar-refractivity contribution in [1.29, 1.82) is 0 Å². The second-order valence-electron chi connectivity index (χ2n) is 13.6. The minimum atomic E-state index is -0.0768. The number of hydrogen-bond acceptors (Lipinski definition) is 1. The fourth-order valence-corrected chi connectivity index (χ4v) is 11.0. The van der Waals surface area contributed by atoms with Gasteiger partial charge in [0.05, 0.1) is 6.10 Å². The van der Waals surface area contributed by atoms with Crippen LogP contribution in [0, 0.1) is 50.7 Å². The average molecular weight is 401 g/mol. The van der Waals surface area contributed by atoms with E-state index in [0.717, 1.165) is 30.1 Å². The molecule has 0 aromatic carbocycles. The third-order valence-electron chi connectivity index (χ3n) is 12.9. The van der Waals surface area contributed by atoms with Gasteiger partial charge in [0, 0.05) is 0 Å². The van der Waals surface area contributed by atoms with Gasteiger partial charge in [-0.1, -0.05) is 60.8 Å². The molecule has 9 unspecified atom stereocenters. The lowest BCUT2D eigenvalue weighted by Gasteiger charge is -2.63. The molecule has 0 amide bonds. The molecule has 9 atom stereocenters. The third kappa shape index (κ3) is 2.33. The van der Waals surface area contributed by atoms with Crippen molar-refractivity contribution >= 4 is 0 Å². The van der Waals surface area contributed by atoms with Crippen LogP contribution in [0.1, 0.15) is 119 Å². The zero-order valence-electron chi connectivity index (χ0n) is 20.3. The fraction of sp³-hybridized carbons (Fsp3) is 1.00. The molecular weight excluding hydrogens is 352 g/mol. The molecule has 5 fully saturated rings. The van der Waals surface area contributed by atoms with E-state index in [1.807, 2.05) is 0 Å². The fourth-order valence-electron chi connectivity index (χ4n) is 11.0. The smallest absolute Gasteiger partial charge is 0.0594 e. The molecular formula is C28H48O. The van der Waals surface area contributed by atoms with Crippen molar-refractivity contribution in [1.82, 2.24) is 0 Å². The van der Waals surface area contributed by atoms with Gasteiger partial charge in [-0.3, -0.25) is 0 Å². The quantitative estimate of drug-likeness (QED) is 0.514. The lowest BCUT2D eigenvalue weighted by Crippen LogP contribution is -2.57. The van der Waals surface area contributed by atoms with Crippen molar-refractivity contribution < 1.29 is 5.11 Å². The van der Waals surface area contributed by atoms with Crippen LogP contribution in [0.2, 0.25) is 0 Å². The molecule has 0 radical (unpaired) electrons. The van der Waals surface area contributed by atoms with E-state index >= 15 is 0 Å². The largest absolute Gasteiger partial charge is 0.393 e. The van der Waals surface area contributed by atoms with Crippen LogP contribution in [-0.2, 0) is 0 Å². The first-order valence-corrected chi connectivity index (χ1v) is 13.3. The van der Waals surface area contributed by atoms with Gasteiger partial charge in [-0.25, -0.2) is 0 Å². The van der Waals surface area contributed by atoms with E-state index in [-0.39, 0.29) is 11.5 Å². The SMILES string of the molecule is CCCCC(C)C1CCC2(C)C3CCC4C(C)(C)C(O)CCC45CC35CCC12C. The van der Waals surface area contributed by atoms with Gasteiger partial charge in [-0.15, -0.1) is 0 Å². The molecule has 5 saturated carbocycles. The van der Waals surface area contributed by atoms with Gasteiger partial charge >= 0.3 is 0 Å². The summed E-state index contributed by atoms with van der Waals surface area (Å²) in [6.07, 6.45) is 16.8. The first-order chi connectivity index (χ1) is 13.6. The Morgan fingerprint density at radius 3 is 2.24 bits per heavy atom. The summed E-state index contributed by atoms with van der Waals surface area (Å²) >= 11 is 0. The maximum Gasteiger partial charge on any atom is 0.0594 e. The number of rotatable bonds is 4. The van der Waals surface area contributed by atoms with Gasteiger partial charge in [-0.05, 0) is 109 Å². The Bertz CT molecular complexity index is 667. The van der Waals surface area contributed by atoms with E-state index in [0.29, 0.717) is 21.7 Å². The highest BCUT2D eigenvalue weighted by Gasteiger charge is 2.82. The highest BCUT2D eigenvalue weighted by atomic mass is 16.3. The Balaban J connectivity index is 1.45. The molecule has 1 N–H and O–H groups in total. The van der Waals surface area contributed by atoms with Crippen molar-refractivity contribution in [3.05, 3.63) is 0 Å². The number of aliphatic hydroxyl groups is 1. The summed E-state index contributed by atoms with van der Waals surface area (Å²) in [7, 11) is 0. The summed E-state index contributed by atoms with van der Waals surface area (Å²) in [5, 5.41) is 10.8.